The average molecular weight is 444 g/mol. The molecule has 1 amide bonds. The molecule has 1 aromatic heterocycles. The fourth-order valence-corrected chi connectivity index (χ4v) is 3.93. The van der Waals surface area contributed by atoms with E-state index in [4.69, 9.17) is 16.3 Å². The molecule has 0 bridgehead atoms. The van der Waals surface area contributed by atoms with Gasteiger partial charge in [0, 0.05) is 36.1 Å². The summed E-state index contributed by atoms with van der Waals surface area (Å²) in [6, 6.07) is 6.83. The number of amides is 1. The molecule has 3 heterocycles. The zero-order chi connectivity index (χ0) is 21.8. The first-order valence-electron chi connectivity index (χ1n) is 10.3. The maximum Gasteiger partial charge on any atom is 0.229 e. The summed E-state index contributed by atoms with van der Waals surface area (Å²) in [5.74, 6) is 0.795. The van der Waals surface area contributed by atoms with Crippen LogP contribution in [0.25, 0.3) is 0 Å². The lowest BCUT2D eigenvalue weighted by atomic mass is 10.1. The van der Waals surface area contributed by atoms with Crippen molar-refractivity contribution in [3.63, 3.8) is 0 Å². The van der Waals surface area contributed by atoms with Gasteiger partial charge in [-0.2, -0.15) is 4.98 Å². The molecule has 9 heteroatoms. The number of nitrogens with zero attached hydrogens (tertiary/aromatic N) is 3. The predicted octanol–water partition coefficient (Wildman–Crippen LogP) is 2.44. The van der Waals surface area contributed by atoms with E-state index in [1.165, 1.54) is 0 Å². The summed E-state index contributed by atoms with van der Waals surface area (Å²) in [4.78, 5) is 23.8. The maximum absolute atomic E-state index is 12.8. The van der Waals surface area contributed by atoms with Crippen molar-refractivity contribution in [1.29, 1.82) is 0 Å². The number of aromatic nitrogens is 2. The number of aryl methyl sites for hydroxylation is 1. The molecule has 2 aliphatic rings. The third-order valence-corrected chi connectivity index (χ3v) is 5.69. The Bertz CT molecular complexity index is 964. The van der Waals surface area contributed by atoms with Crippen LogP contribution in [0.3, 0.4) is 0 Å². The molecule has 3 N–H and O–H groups in total. The lowest BCUT2D eigenvalue weighted by molar-refractivity contribution is -0.124. The fourth-order valence-electron chi connectivity index (χ4n) is 3.73. The smallest absolute Gasteiger partial charge is 0.229 e. The first-order valence-corrected chi connectivity index (χ1v) is 10.7. The zero-order valence-electron chi connectivity index (χ0n) is 17.3. The maximum atomic E-state index is 12.8. The van der Waals surface area contributed by atoms with Gasteiger partial charge in [-0.15, -0.1) is 0 Å². The predicted molar refractivity (Wildman–Crippen MR) is 119 cm³/mol. The van der Waals surface area contributed by atoms with Gasteiger partial charge < -0.3 is 25.4 Å². The minimum Gasteiger partial charge on any atom is -0.394 e. The van der Waals surface area contributed by atoms with Crippen molar-refractivity contribution in [2.24, 2.45) is 5.92 Å². The third kappa shape index (κ3) is 5.15. The topological polar surface area (TPSA) is 99.6 Å². The highest BCUT2D eigenvalue weighted by molar-refractivity contribution is 6.30. The molecular weight excluding hydrogens is 418 g/mol. The van der Waals surface area contributed by atoms with E-state index < -0.39 is 6.04 Å². The summed E-state index contributed by atoms with van der Waals surface area (Å²) in [5.41, 5.74) is 1.69. The summed E-state index contributed by atoms with van der Waals surface area (Å²) < 4.78 is 5.39. The fraction of sp³-hybridized carbons (Fsp3) is 0.409. The number of aliphatic hydroxyl groups excluding tert-OH is 1. The highest BCUT2D eigenvalue weighted by Crippen LogP contribution is 2.26. The van der Waals surface area contributed by atoms with Crippen LogP contribution in [-0.4, -0.2) is 53.4 Å². The lowest BCUT2D eigenvalue weighted by Crippen LogP contribution is -2.37. The molecule has 1 unspecified atom stereocenters. The van der Waals surface area contributed by atoms with Crippen molar-refractivity contribution >= 4 is 29.3 Å². The number of halogens is 1. The quantitative estimate of drug-likeness (QED) is 0.604. The molecule has 1 fully saturated rings. The first kappa shape index (κ1) is 21.5. The summed E-state index contributed by atoms with van der Waals surface area (Å²) in [6.45, 7) is 3.59. The largest absolute Gasteiger partial charge is 0.394 e. The highest BCUT2D eigenvalue weighted by atomic mass is 35.5. The van der Waals surface area contributed by atoms with Gasteiger partial charge in [0.1, 0.15) is 5.82 Å². The SMILES string of the molecule is Cc1cnc(N[C@H]2CCOC2)nc1N1C=CC(C(=O)N[C@H](CO)c2cccc(Cl)c2)C1. The van der Waals surface area contributed by atoms with E-state index in [-0.39, 0.29) is 24.5 Å². The number of rotatable bonds is 7. The van der Waals surface area contributed by atoms with Crippen LogP contribution in [0.2, 0.25) is 5.02 Å². The summed E-state index contributed by atoms with van der Waals surface area (Å²) in [5, 5.41) is 16.5. The number of nitrogens with one attached hydrogen (secondary N) is 2. The normalized spacial score (nSPS) is 21.3. The Morgan fingerprint density at radius 2 is 2.32 bits per heavy atom. The minimum atomic E-state index is -0.515. The van der Waals surface area contributed by atoms with Crippen molar-refractivity contribution in [2.45, 2.75) is 25.4 Å². The van der Waals surface area contributed by atoms with Crippen molar-refractivity contribution in [3.8, 4) is 0 Å². The molecule has 0 spiro atoms. The van der Waals surface area contributed by atoms with Crippen molar-refractivity contribution in [1.82, 2.24) is 15.3 Å². The van der Waals surface area contributed by atoms with Crippen LogP contribution in [0.1, 0.15) is 23.6 Å². The van der Waals surface area contributed by atoms with Crippen LogP contribution in [0, 0.1) is 12.8 Å². The van der Waals surface area contributed by atoms with E-state index in [2.05, 4.69) is 20.6 Å². The average Bonchev–Trinajstić information content (AvgIpc) is 3.45. The van der Waals surface area contributed by atoms with E-state index in [1.807, 2.05) is 30.2 Å². The van der Waals surface area contributed by atoms with Gasteiger partial charge >= 0.3 is 0 Å². The third-order valence-electron chi connectivity index (χ3n) is 5.46. The molecule has 164 valence electrons. The number of ether oxygens (including phenoxy) is 1. The van der Waals surface area contributed by atoms with E-state index in [9.17, 15) is 9.90 Å². The molecule has 1 saturated heterocycles. The number of carbonyl (C=O) groups excluding carboxylic acids is 1. The van der Waals surface area contributed by atoms with Crippen LogP contribution in [-0.2, 0) is 9.53 Å². The summed E-state index contributed by atoms with van der Waals surface area (Å²) >= 11 is 6.04. The van der Waals surface area contributed by atoms with E-state index in [0.717, 1.165) is 30.0 Å². The van der Waals surface area contributed by atoms with Crippen LogP contribution in [0.4, 0.5) is 11.8 Å². The molecule has 4 rings (SSSR count). The van der Waals surface area contributed by atoms with Gasteiger partial charge in [-0.05, 0) is 31.0 Å². The molecular formula is C22H26ClN5O3. The monoisotopic (exact) mass is 443 g/mol. The standard InChI is InChI=1S/C22H26ClN5O3/c1-14-10-24-22(25-18-6-8-31-13-18)27-20(14)28-7-5-16(11-28)21(30)26-19(12-29)15-3-2-4-17(23)9-15/h2-5,7,9-10,16,18-19,29H,6,8,11-13H2,1H3,(H,26,30)(H,24,25,27)/t16?,18-,19+/m0/s1. The highest BCUT2D eigenvalue weighted by Gasteiger charge is 2.27. The zero-order valence-corrected chi connectivity index (χ0v) is 18.0. The Morgan fingerprint density at radius 3 is 3.06 bits per heavy atom. The molecule has 1 aromatic carbocycles. The molecule has 31 heavy (non-hydrogen) atoms. The van der Waals surface area contributed by atoms with Crippen molar-refractivity contribution in [2.75, 3.05) is 36.6 Å². The second-order valence-corrected chi connectivity index (χ2v) is 8.24. The second-order valence-electron chi connectivity index (χ2n) is 7.80. The van der Waals surface area contributed by atoms with Gasteiger partial charge in [-0.25, -0.2) is 4.98 Å². The van der Waals surface area contributed by atoms with E-state index >= 15 is 0 Å². The first-order chi connectivity index (χ1) is 15.0. The molecule has 0 aliphatic carbocycles. The Hall–Kier alpha value is -2.68. The minimum absolute atomic E-state index is 0.161. The lowest BCUT2D eigenvalue weighted by Gasteiger charge is -2.22. The van der Waals surface area contributed by atoms with Crippen LogP contribution in [0.15, 0.2) is 42.7 Å². The molecule has 3 atom stereocenters. The van der Waals surface area contributed by atoms with Crippen LogP contribution < -0.4 is 15.5 Å². The number of carbonyl (C=O) groups is 1. The molecule has 8 nitrogen and oxygen atoms in total. The van der Waals surface area contributed by atoms with Gasteiger partial charge in [0.15, 0.2) is 0 Å². The Morgan fingerprint density at radius 1 is 1.45 bits per heavy atom. The van der Waals surface area contributed by atoms with Crippen molar-refractivity contribution < 1.29 is 14.6 Å². The number of anilines is 2. The molecule has 2 aromatic rings. The van der Waals surface area contributed by atoms with Gasteiger partial charge in [0.05, 0.1) is 31.2 Å². The number of hydrogen-bond acceptors (Lipinski definition) is 7. The van der Waals surface area contributed by atoms with E-state index in [0.29, 0.717) is 24.1 Å². The van der Waals surface area contributed by atoms with Gasteiger partial charge in [-0.3, -0.25) is 4.79 Å². The number of aliphatic hydroxyl groups is 1. The molecule has 0 saturated carbocycles. The molecule has 0 radical (unpaired) electrons. The summed E-state index contributed by atoms with van der Waals surface area (Å²) in [7, 11) is 0. The second kappa shape index (κ2) is 9.64. The van der Waals surface area contributed by atoms with Gasteiger partial charge in [-0.1, -0.05) is 29.8 Å². The van der Waals surface area contributed by atoms with Crippen molar-refractivity contribution in [3.05, 3.63) is 58.9 Å². The van der Waals surface area contributed by atoms with Crippen LogP contribution >= 0.6 is 11.6 Å². The Labute approximate surface area is 186 Å². The number of hydrogen-bond donors (Lipinski definition) is 3. The van der Waals surface area contributed by atoms with Crippen LogP contribution in [0.5, 0.6) is 0 Å². The van der Waals surface area contributed by atoms with Gasteiger partial charge in [0.25, 0.3) is 0 Å². The van der Waals surface area contributed by atoms with Gasteiger partial charge in [0.2, 0.25) is 11.9 Å². The van der Waals surface area contributed by atoms with E-state index in [1.54, 1.807) is 24.4 Å². The number of benzene rings is 1. The molecule has 2 aliphatic heterocycles. The Balaban J connectivity index is 1.40. The Kier molecular flexibility index (Phi) is 6.70. The summed E-state index contributed by atoms with van der Waals surface area (Å²) in [6.07, 6.45) is 6.43.